The topological polar surface area (TPSA) is 49.3 Å². The van der Waals surface area contributed by atoms with E-state index in [1.807, 2.05) is 23.8 Å². The molecule has 1 amide bonds. The summed E-state index contributed by atoms with van der Waals surface area (Å²) in [7, 11) is 0. The van der Waals surface area contributed by atoms with Crippen LogP contribution in [0.5, 0.6) is 5.75 Å². The molecular weight excluding hydrogens is 265 g/mol. The predicted octanol–water partition coefficient (Wildman–Crippen LogP) is 2.95. The van der Waals surface area contributed by atoms with E-state index in [0.29, 0.717) is 6.42 Å². The van der Waals surface area contributed by atoms with E-state index in [9.17, 15) is 14.3 Å². The minimum Gasteiger partial charge on any atom is -0.507 e. The highest BCUT2D eigenvalue weighted by atomic mass is 32.1. The third-order valence-corrected chi connectivity index (χ3v) is 3.43. The Hall–Kier alpha value is -1.88. The number of nitrogens with one attached hydrogen (secondary N) is 1. The molecule has 0 aliphatic carbocycles. The van der Waals surface area contributed by atoms with Gasteiger partial charge in [0.15, 0.2) is 0 Å². The number of amides is 1. The first-order valence-electron chi connectivity index (χ1n) is 5.86. The SMILES string of the molecule is CC(Cc1ccsc1)NC(=O)c1cc(F)ccc1O. The molecule has 0 fully saturated rings. The molecule has 0 aliphatic rings. The molecule has 19 heavy (non-hydrogen) atoms. The number of carbonyl (C=O) groups excluding carboxylic acids is 1. The van der Waals surface area contributed by atoms with Gasteiger partial charge >= 0.3 is 0 Å². The fourth-order valence-electron chi connectivity index (χ4n) is 1.81. The van der Waals surface area contributed by atoms with Crippen molar-refractivity contribution in [2.75, 3.05) is 0 Å². The minimum absolute atomic E-state index is 0.0443. The smallest absolute Gasteiger partial charge is 0.255 e. The van der Waals surface area contributed by atoms with Gasteiger partial charge in [-0.1, -0.05) is 0 Å². The van der Waals surface area contributed by atoms with Crippen LogP contribution < -0.4 is 5.32 Å². The number of hydrogen-bond donors (Lipinski definition) is 2. The summed E-state index contributed by atoms with van der Waals surface area (Å²) in [5.41, 5.74) is 1.10. The molecule has 0 radical (unpaired) electrons. The van der Waals surface area contributed by atoms with Crippen LogP contribution in [0.15, 0.2) is 35.0 Å². The van der Waals surface area contributed by atoms with Crippen molar-refractivity contribution in [2.45, 2.75) is 19.4 Å². The number of thiophene rings is 1. The second-order valence-electron chi connectivity index (χ2n) is 4.37. The van der Waals surface area contributed by atoms with E-state index >= 15 is 0 Å². The molecule has 0 spiro atoms. The van der Waals surface area contributed by atoms with E-state index in [2.05, 4.69) is 5.32 Å². The van der Waals surface area contributed by atoms with Crippen molar-refractivity contribution in [1.82, 2.24) is 5.32 Å². The molecule has 0 aliphatic heterocycles. The summed E-state index contributed by atoms with van der Waals surface area (Å²) in [6.07, 6.45) is 0.700. The number of phenols is 1. The van der Waals surface area contributed by atoms with Crippen molar-refractivity contribution in [1.29, 1.82) is 0 Å². The lowest BCUT2D eigenvalue weighted by Crippen LogP contribution is -2.34. The van der Waals surface area contributed by atoms with Gasteiger partial charge in [-0.05, 0) is 53.9 Å². The molecule has 1 aromatic carbocycles. The van der Waals surface area contributed by atoms with Gasteiger partial charge in [-0.2, -0.15) is 11.3 Å². The maximum atomic E-state index is 13.1. The Morgan fingerprint density at radius 3 is 2.95 bits per heavy atom. The lowest BCUT2D eigenvalue weighted by atomic mass is 10.1. The number of aromatic hydroxyl groups is 1. The standard InChI is InChI=1S/C14H14FNO2S/c1-9(6-10-4-5-19-8-10)16-14(18)12-7-11(15)2-3-13(12)17/h2-5,7-9,17H,6H2,1H3,(H,16,18). The summed E-state index contributed by atoms with van der Waals surface area (Å²) in [6, 6.07) is 5.22. The Morgan fingerprint density at radius 1 is 1.47 bits per heavy atom. The van der Waals surface area contributed by atoms with Crippen LogP contribution in [0.1, 0.15) is 22.8 Å². The Labute approximate surface area is 114 Å². The second kappa shape index (κ2) is 5.84. The van der Waals surface area contributed by atoms with Gasteiger partial charge in [-0.3, -0.25) is 4.79 Å². The van der Waals surface area contributed by atoms with Crippen LogP contribution in [0.25, 0.3) is 0 Å². The highest BCUT2D eigenvalue weighted by Crippen LogP contribution is 2.18. The normalized spacial score (nSPS) is 12.1. The van der Waals surface area contributed by atoms with E-state index < -0.39 is 11.7 Å². The van der Waals surface area contributed by atoms with E-state index in [4.69, 9.17) is 0 Å². The maximum absolute atomic E-state index is 13.1. The maximum Gasteiger partial charge on any atom is 0.255 e. The fourth-order valence-corrected chi connectivity index (χ4v) is 2.49. The Bertz CT molecular complexity index is 569. The van der Waals surface area contributed by atoms with Crippen LogP contribution in [0, 0.1) is 5.82 Å². The monoisotopic (exact) mass is 279 g/mol. The Balaban J connectivity index is 2.02. The molecule has 0 saturated heterocycles. The first kappa shape index (κ1) is 13.5. The summed E-state index contributed by atoms with van der Waals surface area (Å²) in [6.45, 7) is 1.87. The lowest BCUT2D eigenvalue weighted by molar-refractivity contribution is 0.0937. The molecule has 2 N–H and O–H groups in total. The average molecular weight is 279 g/mol. The molecule has 1 aromatic heterocycles. The fraction of sp³-hybridized carbons (Fsp3) is 0.214. The molecule has 1 heterocycles. The number of carbonyl (C=O) groups is 1. The molecule has 1 unspecified atom stereocenters. The third kappa shape index (κ3) is 3.54. The van der Waals surface area contributed by atoms with Crippen molar-refractivity contribution in [3.8, 4) is 5.75 Å². The van der Waals surface area contributed by atoms with Crippen molar-refractivity contribution in [2.24, 2.45) is 0 Å². The molecule has 3 nitrogen and oxygen atoms in total. The third-order valence-electron chi connectivity index (χ3n) is 2.70. The number of benzene rings is 1. The molecule has 2 rings (SSSR count). The van der Waals surface area contributed by atoms with E-state index in [1.54, 1.807) is 11.3 Å². The molecule has 0 bridgehead atoms. The van der Waals surface area contributed by atoms with E-state index in [1.165, 1.54) is 6.07 Å². The molecule has 0 saturated carbocycles. The largest absolute Gasteiger partial charge is 0.507 e. The summed E-state index contributed by atoms with van der Waals surface area (Å²) >= 11 is 1.60. The van der Waals surface area contributed by atoms with E-state index in [0.717, 1.165) is 17.7 Å². The van der Waals surface area contributed by atoms with Crippen molar-refractivity contribution >= 4 is 17.2 Å². The van der Waals surface area contributed by atoms with Crippen molar-refractivity contribution in [3.05, 3.63) is 52.0 Å². The highest BCUT2D eigenvalue weighted by molar-refractivity contribution is 7.07. The zero-order valence-corrected chi connectivity index (χ0v) is 11.2. The molecule has 5 heteroatoms. The van der Waals surface area contributed by atoms with Crippen LogP contribution in [-0.2, 0) is 6.42 Å². The number of rotatable bonds is 4. The van der Waals surface area contributed by atoms with Crippen LogP contribution in [0.3, 0.4) is 0 Å². The van der Waals surface area contributed by atoms with Gasteiger partial charge in [-0.15, -0.1) is 0 Å². The summed E-state index contributed by atoms with van der Waals surface area (Å²) < 4.78 is 13.1. The summed E-state index contributed by atoms with van der Waals surface area (Å²) in [4.78, 5) is 11.9. The highest BCUT2D eigenvalue weighted by Gasteiger charge is 2.15. The van der Waals surface area contributed by atoms with Gasteiger partial charge < -0.3 is 10.4 Å². The number of hydrogen-bond acceptors (Lipinski definition) is 3. The number of phenolic OH excluding ortho intramolecular Hbond substituents is 1. The van der Waals surface area contributed by atoms with E-state index in [-0.39, 0.29) is 17.4 Å². The van der Waals surface area contributed by atoms with Crippen LogP contribution in [-0.4, -0.2) is 17.1 Å². The zero-order chi connectivity index (χ0) is 13.8. The Morgan fingerprint density at radius 2 is 2.26 bits per heavy atom. The summed E-state index contributed by atoms with van der Waals surface area (Å²) in [5.74, 6) is -1.24. The average Bonchev–Trinajstić information content (AvgIpc) is 2.84. The second-order valence-corrected chi connectivity index (χ2v) is 5.15. The van der Waals surface area contributed by atoms with Gasteiger partial charge in [0, 0.05) is 6.04 Å². The number of halogens is 1. The van der Waals surface area contributed by atoms with Crippen molar-refractivity contribution in [3.63, 3.8) is 0 Å². The van der Waals surface area contributed by atoms with Gasteiger partial charge in [0.05, 0.1) is 5.56 Å². The zero-order valence-electron chi connectivity index (χ0n) is 10.4. The van der Waals surface area contributed by atoms with Crippen molar-refractivity contribution < 1.29 is 14.3 Å². The van der Waals surface area contributed by atoms with Crippen LogP contribution >= 0.6 is 11.3 Å². The van der Waals surface area contributed by atoms with Gasteiger partial charge in [0.25, 0.3) is 5.91 Å². The predicted molar refractivity (Wildman–Crippen MR) is 73.0 cm³/mol. The Kier molecular flexibility index (Phi) is 4.16. The first-order valence-corrected chi connectivity index (χ1v) is 6.81. The molecule has 1 atom stereocenters. The van der Waals surface area contributed by atoms with Crippen LogP contribution in [0.2, 0.25) is 0 Å². The molecule has 2 aromatic rings. The van der Waals surface area contributed by atoms with Gasteiger partial charge in [0.1, 0.15) is 11.6 Å². The quantitative estimate of drug-likeness (QED) is 0.904. The van der Waals surface area contributed by atoms with Gasteiger partial charge in [-0.25, -0.2) is 4.39 Å². The van der Waals surface area contributed by atoms with Crippen LogP contribution in [0.4, 0.5) is 4.39 Å². The minimum atomic E-state index is -0.548. The lowest BCUT2D eigenvalue weighted by Gasteiger charge is -2.13. The van der Waals surface area contributed by atoms with Gasteiger partial charge in [0.2, 0.25) is 0 Å². The first-order chi connectivity index (χ1) is 9.06. The summed E-state index contributed by atoms with van der Waals surface area (Å²) in [5, 5.41) is 16.3. The molecule has 100 valence electrons. The molecular formula is C14H14FNO2S.